The van der Waals surface area contributed by atoms with Crippen molar-refractivity contribution in [2.45, 2.75) is 26.8 Å². The third-order valence-corrected chi connectivity index (χ3v) is 6.62. The summed E-state index contributed by atoms with van der Waals surface area (Å²) in [5, 5.41) is 0. The van der Waals surface area contributed by atoms with Crippen molar-refractivity contribution < 1.29 is 58.6 Å². The molecule has 168 valence electrons. The Hall–Kier alpha value is -1.35. The molecule has 2 rings (SSSR count). The zero-order chi connectivity index (χ0) is 19.5. The van der Waals surface area contributed by atoms with Crippen LogP contribution in [0, 0.1) is 13.8 Å². The van der Waals surface area contributed by atoms with Crippen molar-refractivity contribution in [3.8, 4) is 0 Å². The maximum atomic E-state index is 11.3. The molecule has 10 N–H and O–H groups in total. The minimum absolute atomic E-state index is 0. The van der Waals surface area contributed by atoms with E-state index in [0.717, 1.165) is 16.1 Å². The van der Waals surface area contributed by atoms with E-state index in [2.05, 4.69) is 18.8 Å². The van der Waals surface area contributed by atoms with Gasteiger partial charge < -0.3 is 41.4 Å². The highest BCUT2D eigenvalue weighted by Crippen LogP contribution is 2.52. The lowest BCUT2D eigenvalue weighted by Gasteiger charge is -2.26. The maximum Gasteiger partial charge on any atom is 0.295 e. The van der Waals surface area contributed by atoms with Gasteiger partial charge in [-0.05, 0) is 4.98 Å². The lowest BCUT2D eigenvalue weighted by atomic mass is 10.2. The number of aromatic nitrogens is 3. The maximum absolute atomic E-state index is 11.3. The van der Waals surface area contributed by atoms with Crippen LogP contribution in [-0.4, -0.2) is 32.9 Å². The first-order valence-electron chi connectivity index (χ1n) is 7.27. The Balaban J connectivity index is 0. The van der Waals surface area contributed by atoms with Gasteiger partial charge in [0.25, 0.3) is 27.3 Å². The molecule has 2 atom stereocenters. The summed E-state index contributed by atoms with van der Waals surface area (Å²) in [5.41, 5.74) is 9.41. The van der Waals surface area contributed by atoms with Crippen molar-refractivity contribution in [2.75, 3.05) is 12.3 Å². The van der Waals surface area contributed by atoms with Crippen LogP contribution < -0.4 is 25.1 Å². The first kappa shape index (κ1) is 29.8. The SMILES string of the molecule is Cc1nc(N)c(C[n+]2csc(CCOP(=O)([O-])OP(=O)([O-])O)c2C)c[nH+]1.O.O.O. The van der Waals surface area contributed by atoms with Crippen LogP contribution in [0.25, 0.3) is 0 Å². The average molecular weight is 478 g/mol. The minimum atomic E-state index is -5.42. The Morgan fingerprint density at radius 1 is 1.31 bits per heavy atom. The molecule has 14 nitrogen and oxygen atoms in total. The fraction of sp³-hybridized carbons (Fsp3) is 0.417. The molecule has 2 unspecified atom stereocenters. The molecule has 2 heterocycles. The zero-order valence-corrected chi connectivity index (χ0v) is 18.1. The number of hydrogen-bond acceptors (Lipinski definition) is 9. The summed E-state index contributed by atoms with van der Waals surface area (Å²) in [5.74, 6) is 1.12. The number of rotatable bonds is 8. The van der Waals surface area contributed by atoms with Gasteiger partial charge in [-0.2, -0.15) is 4.57 Å². The number of nitrogen functional groups attached to an aromatic ring is 1. The van der Waals surface area contributed by atoms with Crippen LogP contribution in [0.4, 0.5) is 5.82 Å². The molecular formula is C12H24N4O10P2S. The number of nitrogens with two attached hydrogens (primary N) is 1. The number of hydrogen-bond donors (Lipinski definition) is 2. The third-order valence-electron chi connectivity index (χ3n) is 3.35. The number of nitrogens with zero attached hydrogens (tertiary/aromatic N) is 2. The van der Waals surface area contributed by atoms with Crippen LogP contribution in [0.1, 0.15) is 22.0 Å². The number of nitrogens with one attached hydrogen (secondary N) is 1. The molecule has 2 aromatic heterocycles. The summed E-state index contributed by atoms with van der Waals surface area (Å²) in [6.45, 7) is 3.79. The van der Waals surface area contributed by atoms with Crippen molar-refractivity contribution >= 4 is 32.8 Å². The van der Waals surface area contributed by atoms with Crippen LogP contribution in [-0.2, 0) is 30.9 Å². The van der Waals surface area contributed by atoms with E-state index >= 15 is 0 Å². The lowest BCUT2D eigenvalue weighted by Crippen LogP contribution is -2.36. The lowest BCUT2D eigenvalue weighted by molar-refractivity contribution is -0.690. The monoisotopic (exact) mass is 478 g/mol. The van der Waals surface area contributed by atoms with Gasteiger partial charge in [0, 0.05) is 20.3 Å². The molecular weight excluding hydrogens is 454 g/mol. The number of thiazole rings is 1. The van der Waals surface area contributed by atoms with E-state index in [1.54, 1.807) is 13.1 Å². The predicted octanol–water partition coefficient (Wildman–Crippen LogP) is -3.48. The van der Waals surface area contributed by atoms with Crippen molar-refractivity contribution in [1.29, 1.82) is 0 Å². The summed E-state index contributed by atoms with van der Waals surface area (Å²) < 4.78 is 31.6. The topological polar surface area (TPSA) is 270 Å². The van der Waals surface area contributed by atoms with Gasteiger partial charge in [0.1, 0.15) is 11.8 Å². The van der Waals surface area contributed by atoms with Gasteiger partial charge in [0.15, 0.2) is 12.2 Å². The van der Waals surface area contributed by atoms with Gasteiger partial charge in [-0.25, -0.2) is 9.29 Å². The van der Waals surface area contributed by atoms with Gasteiger partial charge in [-0.3, -0.25) is 9.13 Å². The number of phosphoric ester groups is 1. The molecule has 0 saturated carbocycles. The molecule has 0 aromatic carbocycles. The van der Waals surface area contributed by atoms with Crippen molar-refractivity contribution in [3.63, 3.8) is 0 Å². The number of aromatic amines is 1. The molecule has 0 aliphatic carbocycles. The molecule has 0 saturated heterocycles. The van der Waals surface area contributed by atoms with E-state index in [0.29, 0.717) is 18.2 Å². The molecule has 0 spiro atoms. The Morgan fingerprint density at radius 2 is 1.93 bits per heavy atom. The largest absolute Gasteiger partial charge is 0.756 e. The molecule has 0 aliphatic rings. The first-order valence-corrected chi connectivity index (χ1v) is 11.1. The van der Waals surface area contributed by atoms with Gasteiger partial charge in [0.2, 0.25) is 5.51 Å². The molecule has 0 fully saturated rings. The molecule has 29 heavy (non-hydrogen) atoms. The second kappa shape index (κ2) is 11.7. The predicted molar refractivity (Wildman–Crippen MR) is 97.3 cm³/mol. The number of H-pyrrole nitrogens is 1. The Kier molecular flexibility index (Phi) is 12.1. The fourth-order valence-electron chi connectivity index (χ4n) is 2.11. The van der Waals surface area contributed by atoms with E-state index in [9.17, 15) is 18.9 Å². The van der Waals surface area contributed by atoms with E-state index in [4.69, 9.17) is 10.6 Å². The van der Waals surface area contributed by atoms with Crippen molar-refractivity contribution in [2.24, 2.45) is 0 Å². The van der Waals surface area contributed by atoms with Crippen molar-refractivity contribution in [3.05, 3.63) is 33.7 Å². The highest BCUT2D eigenvalue weighted by molar-refractivity contribution is 7.59. The standard InChI is InChI=1S/C12H18N4O7P2S.3H2O/c1-8-11(3-4-22-25(20,21)23-24(17,18)19)26-7-16(8)6-10-5-14-9(2)15-12(10)13;;;/h5,7H,3-4,6H2,1-2H3,(H4-,13,14,15,17,18,19,20,21);3*1H2. The van der Waals surface area contributed by atoms with Crippen LogP contribution >= 0.6 is 27.0 Å². The van der Waals surface area contributed by atoms with Crippen LogP contribution in [0.3, 0.4) is 0 Å². The molecule has 0 radical (unpaired) electrons. The summed E-state index contributed by atoms with van der Waals surface area (Å²) >= 11 is 1.38. The Bertz CT molecular complexity index is 890. The van der Waals surface area contributed by atoms with Gasteiger partial charge in [-0.1, -0.05) is 11.3 Å². The molecule has 0 aliphatic heterocycles. The quantitative estimate of drug-likeness (QED) is 0.281. The van der Waals surface area contributed by atoms with E-state index in [-0.39, 0.29) is 29.5 Å². The normalized spacial score (nSPS) is 14.5. The summed E-state index contributed by atoms with van der Waals surface area (Å²) in [6.07, 6.45) is 1.98. The van der Waals surface area contributed by atoms with Crippen LogP contribution in [0.2, 0.25) is 0 Å². The van der Waals surface area contributed by atoms with Gasteiger partial charge >= 0.3 is 0 Å². The Labute approximate surface area is 169 Å². The van der Waals surface area contributed by atoms with E-state index < -0.39 is 15.6 Å². The zero-order valence-electron chi connectivity index (χ0n) is 15.4. The van der Waals surface area contributed by atoms with E-state index in [1.165, 1.54) is 11.3 Å². The van der Waals surface area contributed by atoms with Gasteiger partial charge in [0.05, 0.1) is 11.5 Å². The number of anilines is 1. The first-order chi connectivity index (χ1) is 12.0. The molecule has 17 heteroatoms. The van der Waals surface area contributed by atoms with Gasteiger partial charge in [-0.15, -0.1) is 0 Å². The number of phosphoric acid groups is 2. The number of aryl methyl sites for hydroxylation is 1. The molecule has 0 bridgehead atoms. The van der Waals surface area contributed by atoms with Crippen LogP contribution in [0.15, 0.2) is 11.7 Å². The Morgan fingerprint density at radius 3 is 2.48 bits per heavy atom. The summed E-state index contributed by atoms with van der Waals surface area (Å²) in [6, 6.07) is 0. The molecule has 0 amide bonds. The second-order valence-electron chi connectivity index (χ2n) is 5.34. The highest BCUT2D eigenvalue weighted by Gasteiger charge is 2.21. The summed E-state index contributed by atoms with van der Waals surface area (Å²) in [4.78, 5) is 38.1. The fourth-order valence-corrected chi connectivity index (χ4v) is 4.60. The highest BCUT2D eigenvalue weighted by atomic mass is 32.1. The molecule has 2 aromatic rings. The average Bonchev–Trinajstić information content (AvgIpc) is 2.80. The smallest absolute Gasteiger partial charge is 0.295 e. The third kappa shape index (κ3) is 9.33. The van der Waals surface area contributed by atoms with Crippen molar-refractivity contribution in [1.82, 2.24) is 4.98 Å². The summed E-state index contributed by atoms with van der Waals surface area (Å²) in [7, 11) is -10.6. The van der Waals surface area contributed by atoms with E-state index in [1.807, 2.05) is 17.0 Å². The van der Waals surface area contributed by atoms with Crippen LogP contribution in [0.5, 0.6) is 0 Å². The second-order valence-corrected chi connectivity index (χ2v) is 9.02. The minimum Gasteiger partial charge on any atom is -0.756 e.